The molecule has 1 aromatic carbocycles. The molecule has 1 amide bonds. The minimum atomic E-state index is -1.26. The first-order valence-corrected chi connectivity index (χ1v) is 7.73. The first-order chi connectivity index (χ1) is 12.4. The van der Waals surface area contributed by atoms with E-state index in [4.69, 9.17) is 16.7 Å². The average molecular weight is 381 g/mol. The summed E-state index contributed by atoms with van der Waals surface area (Å²) in [6.45, 7) is -0.0851. The normalized spacial score (nSPS) is 10.9. The highest BCUT2D eigenvalue weighted by atomic mass is 35.5. The maximum absolute atomic E-state index is 14.1. The highest BCUT2D eigenvalue weighted by Gasteiger charge is 2.18. The van der Waals surface area contributed by atoms with E-state index < -0.39 is 23.3 Å². The van der Waals surface area contributed by atoms with Crippen molar-refractivity contribution in [2.75, 3.05) is 6.54 Å². The standard InChI is InChI=1S/C16H11ClF2N4O3/c17-10-1-2-11(19)14-13(10)15(24)23(9-5-8(18)6-20-7-9)12(22-14)3-4-21-16(25)26/h1-2,5-7,21H,3-4H2,(H,25,26). The molecule has 0 saturated carbocycles. The van der Waals surface area contributed by atoms with Crippen molar-refractivity contribution in [3.05, 3.63) is 63.4 Å². The molecule has 0 aliphatic carbocycles. The second-order valence-electron chi connectivity index (χ2n) is 5.26. The van der Waals surface area contributed by atoms with Crippen LogP contribution in [0.3, 0.4) is 0 Å². The Morgan fingerprint density at radius 2 is 2.08 bits per heavy atom. The fourth-order valence-corrected chi connectivity index (χ4v) is 2.73. The van der Waals surface area contributed by atoms with Crippen LogP contribution in [-0.2, 0) is 6.42 Å². The molecule has 0 aliphatic heterocycles. The SMILES string of the molecule is O=C(O)NCCc1nc2c(F)ccc(Cl)c2c(=O)n1-c1cncc(F)c1. The molecule has 0 unspecified atom stereocenters. The molecule has 2 aromatic heterocycles. The smallest absolute Gasteiger partial charge is 0.404 e. The van der Waals surface area contributed by atoms with Crippen molar-refractivity contribution in [1.29, 1.82) is 0 Å². The van der Waals surface area contributed by atoms with E-state index in [9.17, 15) is 18.4 Å². The molecule has 3 rings (SSSR count). The second-order valence-corrected chi connectivity index (χ2v) is 5.67. The summed E-state index contributed by atoms with van der Waals surface area (Å²) >= 11 is 6.02. The first-order valence-electron chi connectivity index (χ1n) is 7.36. The van der Waals surface area contributed by atoms with Gasteiger partial charge in [-0.2, -0.15) is 0 Å². The van der Waals surface area contributed by atoms with Crippen LogP contribution in [0.4, 0.5) is 13.6 Å². The predicted molar refractivity (Wildman–Crippen MR) is 89.8 cm³/mol. The Kier molecular flexibility index (Phi) is 4.81. The van der Waals surface area contributed by atoms with E-state index in [1.165, 1.54) is 12.3 Å². The molecule has 2 heterocycles. The maximum atomic E-state index is 14.1. The Hall–Kier alpha value is -3.07. The van der Waals surface area contributed by atoms with Crippen LogP contribution >= 0.6 is 11.6 Å². The third-order valence-corrected chi connectivity index (χ3v) is 3.88. The van der Waals surface area contributed by atoms with Crippen molar-refractivity contribution in [3.63, 3.8) is 0 Å². The second kappa shape index (κ2) is 7.04. The molecular formula is C16H11ClF2N4O3. The zero-order valence-electron chi connectivity index (χ0n) is 13.0. The number of nitrogens with one attached hydrogen (secondary N) is 1. The van der Waals surface area contributed by atoms with Crippen LogP contribution in [0, 0.1) is 11.6 Å². The zero-order chi connectivity index (χ0) is 18.8. The number of hydrogen-bond acceptors (Lipinski definition) is 4. The van der Waals surface area contributed by atoms with Crippen molar-refractivity contribution in [2.24, 2.45) is 0 Å². The number of carbonyl (C=O) groups is 1. The molecule has 0 atom stereocenters. The number of halogens is 3. The Labute approximate surface area is 149 Å². The van der Waals surface area contributed by atoms with E-state index in [1.54, 1.807) is 0 Å². The van der Waals surface area contributed by atoms with E-state index >= 15 is 0 Å². The van der Waals surface area contributed by atoms with Gasteiger partial charge in [0.15, 0.2) is 0 Å². The Morgan fingerprint density at radius 1 is 1.31 bits per heavy atom. The number of benzene rings is 1. The molecule has 0 spiro atoms. The fraction of sp³-hybridized carbons (Fsp3) is 0.125. The number of aromatic nitrogens is 3. The highest BCUT2D eigenvalue weighted by Crippen LogP contribution is 2.23. The Bertz CT molecular complexity index is 1070. The summed E-state index contributed by atoms with van der Waals surface area (Å²) in [4.78, 5) is 31.4. The molecular weight excluding hydrogens is 370 g/mol. The van der Waals surface area contributed by atoms with Crippen LogP contribution in [-0.4, -0.2) is 32.3 Å². The van der Waals surface area contributed by atoms with E-state index in [-0.39, 0.29) is 40.4 Å². The van der Waals surface area contributed by atoms with Gasteiger partial charge in [0.2, 0.25) is 0 Å². The van der Waals surface area contributed by atoms with Gasteiger partial charge in [0, 0.05) is 19.0 Å². The molecule has 0 aliphatic rings. The van der Waals surface area contributed by atoms with Gasteiger partial charge in [0.1, 0.15) is 23.0 Å². The van der Waals surface area contributed by atoms with Gasteiger partial charge in [-0.3, -0.25) is 14.3 Å². The predicted octanol–water partition coefficient (Wildman–Crippen LogP) is 2.52. The number of amides is 1. The van der Waals surface area contributed by atoms with Gasteiger partial charge in [0.05, 0.1) is 28.5 Å². The third-order valence-electron chi connectivity index (χ3n) is 3.57. The van der Waals surface area contributed by atoms with Gasteiger partial charge in [-0.05, 0) is 12.1 Å². The molecule has 0 radical (unpaired) electrons. The number of hydrogen-bond donors (Lipinski definition) is 2. The van der Waals surface area contributed by atoms with Crippen LogP contribution in [0.25, 0.3) is 16.6 Å². The molecule has 134 valence electrons. The van der Waals surface area contributed by atoms with E-state index in [0.717, 1.165) is 22.9 Å². The molecule has 10 heteroatoms. The lowest BCUT2D eigenvalue weighted by molar-refractivity contribution is 0.194. The maximum Gasteiger partial charge on any atom is 0.404 e. The van der Waals surface area contributed by atoms with Crippen LogP contribution in [0.2, 0.25) is 5.02 Å². The minimum Gasteiger partial charge on any atom is -0.465 e. The number of nitrogens with zero attached hydrogens (tertiary/aromatic N) is 3. The zero-order valence-corrected chi connectivity index (χ0v) is 13.8. The van der Waals surface area contributed by atoms with Crippen LogP contribution in [0.5, 0.6) is 0 Å². The summed E-state index contributed by atoms with van der Waals surface area (Å²) < 4.78 is 28.7. The monoisotopic (exact) mass is 380 g/mol. The quantitative estimate of drug-likeness (QED) is 0.725. The molecule has 0 bridgehead atoms. The van der Waals surface area contributed by atoms with E-state index in [2.05, 4.69) is 15.3 Å². The highest BCUT2D eigenvalue weighted by molar-refractivity contribution is 6.35. The summed E-state index contributed by atoms with van der Waals surface area (Å²) in [5.41, 5.74) is -0.888. The van der Waals surface area contributed by atoms with Gasteiger partial charge >= 0.3 is 6.09 Å². The number of fused-ring (bicyclic) bond motifs is 1. The molecule has 7 nitrogen and oxygen atoms in total. The van der Waals surface area contributed by atoms with Crippen LogP contribution in [0.1, 0.15) is 5.82 Å². The van der Waals surface area contributed by atoms with Gasteiger partial charge in [-0.1, -0.05) is 11.6 Å². The lowest BCUT2D eigenvalue weighted by Gasteiger charge is -2.14. The summed E-state index contributed by atoms with van der Waals surface area (Å²) in [6, 6.07) is 3.36. The first kappa shape index (κ1) is 17.7. The Morgan fingerprint density at radius 3 is 2.77 bits per heavy atom. The summed E-state index contributed by atoms with van der Waals surface area (Å²) in [7, 11) is 0. The number of pyridine rings is 1. The van der Waals surface area contributed by atoms with Gasteiger partial charge < -0.3 is 10.4 Å². The summed E-state index contributed by atoms with van der Waals surface area (Å²) in [6.07, 6.45) is 0.891. The third kappa shape index (κ3) is 3.33. The molecule has 26 heavy (non-hydrogen) atoms. The number of carboxylic acid groups (broad SMARTS) is 1. The van der Waals surface area contributed by atoms with Crippen LogP contribution in [0.15, 0.2) is 35.4 Å². The van der Waals surface area contributed by atoms with E-state index in [0.29, 0.717) is 0 Å². The largest absolute Gasteiger partial charge is 0.465 e. The molecule has 3 aromatic rings. The number of rotatable bonds is 4. The summed E-state index contributed by atoms with van der Waals surface area (Å²) in [5, 5.41) is 10.6. The fourth-order valence-electron chi connectivity index (χ4n) is 2.50. The van der Waals surface area contributed by atoms with Crippen molar-refractivity contribution in [1.82, 2.24) is 19.9 Å². The van der Waals surface area contributed by atoms with Crippen molar-refractivity contribution in [3.8, 4) is 5.69 Å². The average Bonchev–Trinajstić information content (AvgIpc) is 2.57. The topological polar surface area (TPSA) is 97.1 Å². The summed E-state index contributed by atoms with van der Waals surface area (Å²) in [5.74, 6) is -1.40. The molecule has 2 N–H and O–H groups in total. The molecule has 0 fully saturated rings. The lowest BCUT2D eigenvalue weighted by Crippen LogP contribution is -2.29. The lowest BCUT2D eigenvalue weighted by atomic mass is 10.2. The molecule has 0 saturated heterocycles. The van der Waals surface area contributed by atoms with E-state index in [1.807, 2.05) is 0 Å². The van der Waals surface area contributed by atoms with Crippen molar-refractivity contribution < 1.29 is 18.7 Å². The van der Waals surface area contributed by atoms with Gasteiger partial charge in [0.25, 0.3) is 5.56 Å². The van der Waals surface area contributed by atoms with Gasteiger partial charge in [-0.15, -0.1) is 0 Å². The van der Waals surface area contributed by atoms with Crippen molar-refractivity contribution >= 4 is 28.6 Å². The van der Waals surface area contributed by atoms with Crippen LogP contribution < -0.4 is 10.9 Å². The van der Waals surface area contributed by atoms with Gasteiger partial charge in [-0.25, -0.2) is 18.6 Å². The minimum absolute atomic E-state index is 0.00720. The Balaban J connectivity index is 2.28. The van der Waals surface area contributed by atoms with Crippen molar-refractivity contribution in [2.45, 2.75) is 6.42 Å².